The Kier molecular flexibility index (Phi) is 4.70. The highest BCUT2D eigenvalue weighted by Gasteiger charge is 2.17. The van der Waals surface area contributed by atoms with E-state index < -0.39 is 9.84 Å². The Bertz CT molecular complexity index is 1200. The van der Waals surface area contributed by atoms with Gasteiger partial charge >= 0.3 is 0 Å². The number of nitrogens with zero attached hydrogens (tertiary/aromatic N) is 2. The summed E-state index contributed by atoms with van der Waals surface area (Å²) in [5, 5.41) is 2.97. The Balaban J connectivity index is 1.60. The van der Waals surface area contributed by atoms with Crippen molar-refractivity contribution >= 4 is 26.6 Å². The van der Waals surface area contributed by atoms with Crippen LogP contribution in [0.15, 0.2) is 76.3 Å². The zero-order chi connectivity index (χ0) is 19.6. The first-order valence-corrected chi connectivity index (χ1v) is 10.1. The molecule has 4 rings (SSSR count). The first kappa shape index (κ1) is 18.0. The van der Waals surface area contributed by atoms with Crippen molar-refractivity contribution in [3.63, 3.8) is 0 Å². The highest BCUT2D eigenvalue weighted by Crippen LogP contribution is 2.29. The molecule has 0 aliphatic heterocycles. The molecular formula is C20H17N3O4S. The van der Waals surface area contributed by atoms with Crippen molar-refractivity contribution in [2.45, 2.75) is 4.90 Å². The third-order valence-electron chi connectivity index (χ3n) is 4.22. The van der Waals surface area contributed by atoms with Crippen LogP contribution in [0.1, 0.15) is 0 Å². The number of methoxy groups -OCH3 is 1. The summed E-state index contributed by atoms with van der Waals surface area (Å²) in [6.45, 7) is 0. The Hall–Kier alpha value is -3.39. The first-order chi connectivity index (χ1) is 13.6. The summed E-state index contributed by atoms with van der Waals surface area (Å²) in [7, 11) is -2.00. The van der Waals surface area contributed by atoms with E-state index in [9.17, 15) is 8.42 Å². The average molecular weight is 395 g/mol. The second-order valence-corrected chi connectivity index (χ2v) is 8.01. The lowest BCUT2D eigenvalue weighted by atomic mass is 10.2. The minimum Gasteiger partial charge on any atom is -0.497 e. The molecular weight excluding hydrogens is 378 g/mol. The lowest BCUT2D eigenvalue weighted by molar-refractivity contribution is 0.414. The highest BCUT2D eigenvalue weighted by molar-refractivity contribution is 7.91. The first-order valence-electron chi connectivity index (χ1n) is 8.47. The SMILES string of the molecule is COc1ccc(S(=O)(=O)CNc2cccc3oc(-c4ccncc4)nc23)cc1. The Morgan fingerprint density at radius 2 is 1.79 bits per heavy atom. The van der Waals surface area contributed by atoms with Gasteiger partial charge in [0.1, 0.15) is 17.1 Å². The molecule has 0 aliphatic rings. The maximum atomic E-state index is 12.6. The number of oxazole rings is 1. The van der Waals surface area contributed by atoms with Gasteiger partial charge in [-0.05, 0) is 48.5 Å². The summed E-state index contributed by atoms with van der Waals surface area (Å²) in [4.78, 5) is 8.71. The molecule has 0 saturated carbocycles. The summed E-state index contributed by atoms with van der Waals surface area (Å²) in [5.41, 5.74) is 2.51. The smallest absolute Gasteiger partial charge is 0.227 e. The number of hydrogen-bond donors (Lipinski definition) is 1. The van der Waals surface area contributed by atoms with Gasteiger partial charge in [0.15, 0.2) is 15.4 Å². The molecule has 8 heteroatoms. The van der Waals surface area contributed by atoms with E-state index in [0.29, 0.717) is 28.4 Å². The molecule has 0 saturated heterocycles. The number of ether oxygens (including phenoxy) is 1. The van der Waals surface area contributed by atoms with Crippen LogP contribution < -0.4 is 10.1 Å². The molecule has 0 spiro atoms. The van der Waals surface area contributed by atoms with Gasteiger partial charge in [-0.1, -0.05) is 6.07 Å². The van der Waals surface area contributed by atoms with Crippen molar-refractivity contribution in [1.82, 2.24) is 9.97 Å². The maximum Gasteiger partial charge on any atom is 0.227 e. The number of fused-ring (bicyclic) bond motifs is 1. The molecule has 2 aromatic carbocycles. The molecule has 1 N–H and O–H groups in total. The molecule has 7 nitrogen and oxygen atoms in total. The molecule has 28 heavy (non-hydrogen) atoms. The monoisotopic (exact) mass is 395 g/mol. The predicted molar refractivity (Wildman–Crippen MR) is 106 cm³/mol. The third kappa shape index (κ3) is 3.54. The molecule has 0 unspecified atom stereocenters. The standard InChI is InChI=1S/C20H17N3O4S/c1-26-15-5-7-16(8-6-15)28(24,25)13-22-17-3-2-4-18-19(17)23-20(27-18)14-9-11-21-12-10-14/h2-12,22H,13H2,1H3. The Morgan fingerprint density at radius 1 is 1.04 bits per heavy atom. The van der Waals surface area contributed by atoms with Crippen molar-refractivity contribution < 1.29 is 17.6 Å². The quantitative estimate of drug-likeness (QED) is 0.531. The fourth-order valence-corrected chi connectivity index (χ4v) is 3.81. The number of benzene rings is 2. The number of para-hydroxylation sites is 1. The van der Waals surface area contributed by atoms with Crippen LogP contribution >= 0.6 is 0 Å². The maximum absolute atomic E-state index is 12.6. The van der Waals surface area contributed by atoms with Crippen LogP contribution in [0, 0.1) is 0 Å². The zero-order valence-corrected chi connectivity index (χ0v) is 15.8. The van der Waals surface area contributed by atoms with E-state index in [1.807, 2.05) is 0 Å². The second-order valence-electron chi connectivity index (χ2n) is 6.02. The molecule has 0 atom stereocenters. The number of rotatable bonds is 6. The summed E-state index contributed by atoms with van der Waals surface area (Å²) in [6.07, 6.45) is 3.32. The largest absolute Gasteiger partial charge is 0.497 e. The highest BCUT2D eigenvalue weighted by atomic mass is 32.2. The minimum atomic E-state index is -3.53. The van der Waals surface area contributed by atoms with Crippen LogP contribution in [0.5, 0.6) is 5.75 Å². The topological polar surface area (TPSA) is 94.3 Å². The van der Waals surface area contributed by atoms with Crippen LogP contribution in [0.4, 0.5) is 5.69 Å². The molecule has 0 fully saturated rings. The summed E-state index contributed by atoms with van der Waals surface area (Å²) < 4.78 is 36.1. The van der Waals surface area contributed by atoms with E-state index in [1.54, 1.807) is 54.9 Å². The van der Waals surface area contributed by atoms with Crippen LogP contribution in [0.25, 0.3) is 22.6 Å². The fourth-order valence-electron chi connectivity index (χ4n) is 2.75. The van der Waals surface area contributed by atoms with E-state index in [4.69, 9.17) is 9.15 Å². The van der Waals surface area contributed by atoms with Crippen LogP contribution in [-0.2, 0) is 9.84 Å². The van der Waals surface area contributed by atoms with E-state index in [0.717, 1.165) is 5.56 Å². The van der Waals surface area contributed by atoms with Gasteiger partial charge in [0.05, 0.1) is 17.7 Å². The molecule has 4 aromatic rings. The van der Waals surface area contributed by atoms with Crippen LogP contribution in [-0.4, -0.2) is 31.4 Å². The van der Waals surface area contributed by atoms with Gasteiger partial charge in [-0.25, -0.2) is 13.4 Å². The van der Waals surface area contributed by atoms with Gasteiger partial charge in [-0.15, -0.1) is 0 Å². The average Bonchev–Trinajstić information content (AvgIpc) is 3.18. The Morgan fingerprint density at radius 3 is 2.50 bits per heavy atom. The van der Waals surface area contributed by atoms with Crippen molar-refractivity contribution in [2.24, 2.45) is 0 Å². The number of aromatic nitrogens is 2. The third-order valence-corrected chi connectivity index (χ3v) is 5.73. The number of anilines is 1. The van der Waals surface area contributed by atoms with E-state index in [2.05, 4.69) is 15.3 Å². The van der Waals surface area contributed by atoms with Gasteiger partial charge in [0.2, 0.25) is 5.89 Å². The van der Waals surface area contributed by atoms with Crippen molar-refractivity contribution in [1.29, 1.82) is 0 Å². The molecule has 0 bridgehead atoms. The number of sulfone groups is 1. The molecule has 0 amide bonds. The van der Waals surface area contributed by atoms with Gasteiger partial charge < -0.3 is 14.5 Å². The fraction of sp³-hybridized carbons (Fsp3) is 0.100. The number of nitrogens with one attached hydrogen (secondary N) is 1. The van der Waals surface area contributed by atoms with Crippen molar-refractivity contribution in [3.05, 3.63) is 67.0 Å². The zero-order valence-electron chi connectivity index (χ0n) is 15.0. The summed E-state index contributed by atoms with van der Waals surface area (Å²) >= 11 is 0. The van der Waals surface area contributed by atoms with Crippen molar-refractivity contribution in [3.8, 4) is 17.2 Å². The lowest BCUT2D eigenvalue weighted by Gasteiger charge is -2.08. The minimum absolute atomic E-state index is 0.214. The number of hydrogen-bond acceptors (Lipinski definition) is 7. The lowest BCUT2D eigenvalue weighted by Crippen LogP contribution is -2.15. The molecule has 142 valence electrons. The van der Waals surface area contributed by atoms with Gasteiger partial charge in [0.25, 0.3) is 0 Å². The van der Waals surface area contributed by atoms with Crippen molar-refractivity contribution in [2.75, 3.05) is 18.3 Å². The van der Waals surface area contributed by atoms with Gasteiger partial charge in [-0.2, -0.15) is 0 Å². The summed E-state index contributed by atoms with van der Waals surface area (Å²) in [6, 6.07) is 15.2. The second kappa shape index (κ2) is 7.32. The number of pyridine rings is 1. The van der Waals surface area contributed by atoms with E-state index in [1.165, 1.54) is 19.2 Å². The van der Waals surface area contributed by atoms with E-state index >= 15 is 0 Å². The van der Waals surface area contributed by atoms with Crippen LogP contribution in [0.2, 0.25) is 0 Å². The van der Waals surface area contributed by atoms with E-state index in [-0.39, 0.29) is 10.8 Å². The molecule has 0 radical (unpaired) electrons. The molecule has 0 aliphatic carbocycles. The normalized spacial score (nSPS) is 11.5. The molecule has 2 aromatic heterocycles. The van der Waals surface area contributed by atoms with Gasteiger partial charge in [0, 0.05) is 18.0 Å². The molecule has 2 heterocycles. The predicted octanol–water partition coefficient (Wildman–Crippen LogP) is 3.74. The Labute approximate surface area is 161 Å². The summed E-state index contributed by atoms with van der Waals surface area (Å²) in [5.74, 6) is 0.781. The van der Waals surface area contributed by atoms with Crippen LogP contribution in [0.3, 0.4) is 0 Å². The van der Waals surface area contributed by atoms with Gasteiger partial charge in [-0.3, -0.25) is 4.98 Å².